The van der Waals surface area contributed by atoms with E-state index in [1.165, 1.54) is 24.2 Å². The number of anilines is 1. The van der Waals surface area contributed by atoms with Gasteiger partial charge in [0, 0.05) is 25.0 Å². The van der Waals surface area contributed by atoms with E-state index in [9.17, 15) is 14.4 Å². The van der Waals surface area contributed by atoms with Crippen LogP contribution in [0.3, 0.4) is 0 Å². The van der Waals surface area contributed by atoms with Crippen molar-refractivity contribution in [2.45, 2.75) is 70.4 Å². The third-order valence-electron chi connectivity index (χ3n) is 6.64. The van der Waals surface area contributed by atoms with Crippen molar-refractivity contribution in [2.75, 3.05) is 18.0 Å². The van der Waals surface area contributed by atoms with Crippen molar-refractivity contribution < 1.29 is 14.4 Å². The maximum atomic E-state index is 12.8. The molecule has 0 bridgehead atoms. The molecule has 0 aromatic heterocycles. The molecule has 0 spiro atoms. The van der Waals surface area contributed by atoms with Crippen LogP contribution in [0, 0.1) is 12.8 Å². The van der Waals surface area contributed by atoms with Crippen LogP contribution >= 0.6 is 0 Å². The fraction of sp³-hybridized carbons (Fsp3) is 0.609. The van der Waals surface area contributed by atoms with E-state index in [4.69, 9.17) is 0 Å². The smallest absolute Gasteiger partial charge is 0.251 e. The molecule has 2 heterocycles. The summed E-state index contributed by atoms with van der Waals surface area (Å²) >= 11 is 0. The minimum atomic E-state index is -0.464. The summed E-state index contributed by atoms with van der Waals surface area (Å²) in [7, 11) is 0. The molecule has 1 saturated carbocycles. The van der Waals surface area contributed by atoms with Crippen molar-refractivity contribution in [3.8, 4) is 0 Å². The second kappa shape index (κ2) is 8.66. The predicted molar refractivity (Wildman–Crippen MR) is 111 cm³/mol. The molecule has 0 radical (unpaired) electrons. The lowest BCUT2D eigenvalue weighted by molar-refractivity contribution is -0.137. The lowest BCUT2D eigenvalue weighted by Gasteiger charge is -2.36. The van der Waals surface area contributed by atoms with E-state index in [-0.39, 0.29) is 30.2 Å². The Hall–Kier alpha value is -2.21. The van der Waals surface area contributed by atoms with Gasteiger partial charge in [-0.15, -0.1) is 0 Å². The molecule has 29 heavy (non-hydrogen) atoms. The Morgan fingerprint density at radius 2 is 1.62 bits per heavy atom. The fourth-order valence-electron chi connectivity index (χ4n) is 4.89. The first kappa shape index (κ1) is 20.1. The zero-order valence-electron chi connectivity index (χ0n) is 17.2. The molecule has 1 aromatic carbocycles. The summed E-state index contributed by atoms with van der Waals surface area (Å²) in [5.41, 5.74) is 1.74. The average Bonchev–Trinajstić information content (AvgIpc) is 3.02. The number of hydrogen-bond acceptors (Lipinski definition) is 4. The molecule has 6 nitrogen and oxygen atoms in total. The van der Waals surface area contributed by atoms with E-state index < -0.39 is 6.04 Å². The lowest BCUT2D eigenvalue weighted by Crippen LogP contribution is -2.50. The second-order valence-electron chi connectivity index (χ2n) is 8.76. The number of rotatable bonds is 4. The highest BCUT2D eigenvalue weighted by atomic mass is 16.2. The van der Waals surface area contributed by atoms with Gasteiger partial charge in [0.25, 0.3) is 5.91 Å². The number of carbonyl (C=O) groups excluding carboxylic acids is 3. The number of likely N-dealkylation sites (tertiary alicyclic amines) is 1. The Bertz CT molecular complexity index is 762. The minimum absolute atomic E-state index is 0.152. The monoisotopic (exact) mass is 397 g/mol. The predicted octanol–water partition coefficient (Wildman–Crippen LogP) is 2.79. The van der Waals surface area contributed by atoms with Crippen LogP contribution in [0.2, 0.25) is 0 Å². The molecule has 0 unspecified atom stereocenters. The van der Waals surface area contributed by atoms with Crippen LogP contribution in [-0.2, 0) is 14.4 Å². The quantitative estimate of drug-likeness (QED) is 0.793. The number of piperidine rings is 1. The molecule has 156 valence electrons. The van der Waals surface area contributed by atoms with E-state index in [2.05, 4.69) is 5.32 Å². The molecule has 1 atom stereocenters. The molecule has 6 heteroatoms. The van der Waals surface area contributed by atoms with Gasteiger partial charge in [-0.25, -0.2) is 4.90 Å². The topological polar surface area (TPSA) is 69.7 Å². The van der Waals surface area contributed by atoms with Gasteiger partial charge in [0.15, 0.2) is 0 Å². The highest BCUT2D eigenvalue weighted by Crippen LogP contribution is 2.27. The molecule has 2 aliphatic heterocycles. The van der Waals surface area contributed by atoms with Gasteiger partial charge in [0.1, 0.15) is 0 Å². The Balaban J connectivity index is 1.30. The molecule has 1 aromatic rings. The van der Waals surface area contributed by atoms with Crippen LogP contribution in [0.1, 0.15) is 56.9 Å². The highest BCUT2D eigenvalue weighted by Gasteiger charge is 2.41. The summed E-state index contributed by atoms with van der Waals surface area (Å²) < 4.78 is 0. The van der Waals surface area contributed by atoms with Crippen LogP contribution in [0.5, 0.6) is 0 Å². The fourth-order valence-corrected chi connectivity index (χ4v) is 4.89. The lowest BCUT2D eigenvalue weighted by atomic mass is 9.87. The zero-order valence-corrected chi connectivity index (χ0v) is 17.2. The number of amides is 3. The molecule has 3 fully saturated rings. The van der Waals surface area contributed by atoms with Crippen molar-refractivity contribution in [1.29, 1.82) is 0 Å². The van der Waals surface area contributed by atoms with Crippen LogP contribution in [-0.4, -0.2) is 47.8 Å². The van der Waals surface area contributed by atoms with Gasteiger partial charge in [-0.05, 0) is 44.7 Å². The van der Waals surface area contributed by atoms with Crippen LogP contribution in [0.15, 0.2) is 24.3 Å². The molecule has 2 saturated heterocycles. The first-order valence-corrected chi connectivity index (χ1v) is 11.0. The summed E-state index contributed by atoms with van der Waals surface area (Å²) in [5, 5.41) is 3.40. The number of aryl methyl sites for hydroxylation is 1. The normalized spacial score (nSPS) is 24.4. The van der Waals surface area contributed by atoms with Gasteiger partial charge in [-0.2, -0.15) is 0 Å². The third-order valence-corrected chi connectivity index (χ3v) is 6.64. The Morgan fingerprint density at radius 1 is 0.966 bits per heavy atom. The molecule has 3 aliphatic rings. The first-order valence-electron chi connectivity index (χ1n) is 11.0. The van der Waals surface area contributed by atoms with Crippen molar-refractivity contribution >= 4 is 23.4 Å². The Morgan fingerprint density at radius 3 is 2.28 bits per heavy atom. The molecule has 1 aliphatic carbocycles. The van der Waals surface area contributed by atoms with E-state index in [0.29, 0.717) is 11.6 Å². The van der Waals surface area contributed by atoms with Gasteiger partial charge in [-0.1, -0.05) is 37.0 Å². The van der Waals surface area contributed by atoms with Gasteiger partial charge >= 0.3 is 0 Å². The molecule has 4 rings (SSSR count). The maximum Gasteiger partial charge on any atom is 0.251 e. The SMILES string of the molecule is Cc1ccc(N2C(=O)C[C@@H](NC3CCN(C(=O)C4CCCCC4)CC3)C2=O)cc1. The standard InChI is InChI=1S/C23H31N3O3/c1-16-7-9-19(10-8-16)26-21(27)15-20(23(26)29)24-18-11-13-25(14-12-18)22(28)17-5-3-2-4-6-17/h7-10,17-18,20,24H,2-6,11-15H2,1H3/t20-/m1/s1. The largest absolute Gasteiger partial charge is 0.342 e. The van der Waals surface area contributed by atoms with Crippen molar-refractivity contribution in [1.82, 2.24) is 10.2 Å². The molecular formula is C23H31N3O3. The average molecular weight is 398 g/mol. The summed E-state index contributed by atoms with van der Waals surface area (Å²) in [4.78, 5) is 41.3. The third kappa shape index (κ3) is 4.37. The number of nitrogens with zero attached hydrogens (tertiary/aromatic N) is 2. The summed E-state index contributed by atoms with van der Waals surface area (Å²) in [6.45, 7) is 3.46. The number of hydrogen-bond donors (Lipinski definition) is 1. The van der Waals surface area contributed by atoms with Crippen LogP contribution in [0.25, 0.3) is 0 Å². The first-order chi connectivity index (χ1) is 14.0. The van der Waals surface area contributed by atoms with Gasteiger partial charge < -0.3 is 10.2 Å². The second-order valence-corrected chi connectivity index (χ2v) is 8.76. The molecular weight excluding hydrogens is 366 g/mol. The van der Waals surface area contributed by atoms with Gasteiger partial charge in [0.05, 0.1) is 18.2 Å². The molecule has 1 N–H and O–H groups in total. The van der Waals surface area contributed by atoms with Crippen molar-refractivity contribution in [3.05, 3.63) is 29.8 Å². The van der Waals surface area contributed by atoms with E-state index >= 15 is 0 Å². The number of benzene rings is 1. The Labute approximate surface area is 172 Å². The minimum Gasteiger partial charge on any atom is -0.342 e. The number of carbonyl (C=O) groups is 3. The Kier molecular flexibility index (Phi) is 5.99. The van der Waals surface area contributed by atoms with E-state index in [1.54, 1.807) is 0 Å². The maximum absolute atomic E-state index is 12.8. The summed E-state index contributed by atoms with van der Waals surface area (Å²) in [6, 6.07) is 7.18. The number of imide groups is 1. The highest BCUT2D eigenvalue weighted by molar-refractivity contribution is 6.22. The van der Waals surface area contributed by atoms with Gasteiger partial charge in [0.2, 0.25) is 11.8 Å². The van der Waals surface area contributed by atoms with E-state index in [0.717, 1.165) is 44.3 Å². The van der Waals surface area contributed by atoms with Gasteiger partial charge in [-0.3, -0.25) is 14.4 Å². The zero-order chi connectivity index (χ0) is 20.4. The van der Waals surface area contributed by atoms with Crippen molar-refractivity contribution in [3.63, 3.8) is 0 Å². The van der Waals surface area contributed by atoms with Crippen LogP contribution < -0.4 is 10.2 Å². The van der Waals surface area contributed by atoms with Crippen LogP contribution in [0.4, 0.5) is 5.69 Å². The summed E-state index contributed by atoms with van der Waals surface area (Å²) in [6.07, 6.45) is 7.53. The van der Waals surface area contributed by atoms with E-state index in [1.807, 2.05) is 36.1 Å². The van der Waals surface area contributed by atoms with Crippen molar-refractivity contribution in [2.24, 2.45) is 5.92 Å². The number of nitrogens with one attached hydrogen (secondary N) is 1. The summed E-state index contributed by atoms with van der Waals surface area (Å²) in [5.74, 6) is 0.215. The molecule has 3 amide bonds.